The average molecular weight is 253 g/mol. The number of rotatable bonds is 5. The van der Waals surface area contributed by atoms with Crippen LogP contribution in [0.4, 0.5) is 16.2 Å². The second-order valence-electron chi connectivity index (χ2n) is 3.59. The molecule has 1 atom stereocenters. The van der Waals surface area contributed by atoms with Crippen LogP contribution in [0.1, 0.15) is 6.42 Å². The van der Waals surface area contributed by atoms with Gasteiger partial charge in [-0.25, -0.2) is 9.59 Å². The Labute approximate surface area is 104 Å². The summed E-state index contributed by atoms with van der Waals surface area (Å²) in [4.78, 5) is 22.3. The molecule has 0 saturated carbocycles. The molecule has 98 valence electrons. The number of aliphatic hydroxyl groups is 1. The van der Waals surface area contributed by atoms with Crippen molar-refractivity contribution in [3.05, 3.63) is 24.3 Å². The van der Waals surface area contributed by atoms with E-state index in [1.807, 2.05) is 0 Å². The molecule has 1 aromatic carbocycles. The highest BCUT2D eigenvalue weighted by Crippen LogP contribution is 2.16. The molecule has 0 radical (unpaired) electrons. The Morgan fingerprint density at radius 2 is 2.00 bits per heavy atom. The van der Waals surface area contributed by atoms with Gasteiger partial charge in [-0.05, 0) is 12.1 Å². The minimum absolute atomic E-state index is 0.0625. The van der Waals surface area contributed by atoms with Crippen molar-refractivity contribution in [2.24, 2.45) is 0 Å². The van der Waals surface area contributed by atoms with Crippen molar-refractivity contribution in [2.45, 2.75) is 12.5 Å². The number of carbonyl (C=O) groups is 2. The maximum absolute atomic E-state index is 11.5. The molecule has 6 N–H and O–H groups in total. The Morgan fingerprint density at radius 3 is 2.56 bits per heavy atom. The van der Waals surface area contributed by atoms with Crippen molar-refractivity contribution >= 4 is 23.4 Å². The van der Waals surface area contributed by atoms with Gasteiger partial charge in [0.2, 0.25) is 0 Å². The highest BCUT2D eigenvalue weighted by molar-refractivity contribution is 5.94. The summed E-state index contributed by atoms with van der Waals surface area (Å²) in [7, 11) is 0. The van der Waals surface area contributed by atoms with Gasteiger partial charge in [0.15, 0.2) is 0 Å². The number of nitrogen functional groups attached to an aromatic ring is 1. The minimum atomic E-state index is -1.21. The molecule has 0 aliphatic carbocycles. The highest BCUT2D eigenvalue weighted by Gasteiger charge is 2.19. The number of para-hydroxylation sites is 2. The van der Waals surface area contributed by atoms with Gasteiger partial charge >= 0.3 is 12.0 Å². The number of nitrogens with one attached hydrogen (secondary N) is 2. The van der Waals surface area contributed by atoms with Crippen molar-refractivity contribution in [3.63, 3.8) is 0 Å². The SMILES string of the molecule is Nc1ccccc1NC(=O)N[C@H](CCO)C(=O)O. The Morgan fingerprint density at radius 1 is 1.33 bits per heavy atom. The fourth-order valence-electron chi connectivity index (χ4n) is 1.31. The molecule has 0 aromatic heterocycles. The van der Waals surface area contributed by atoms with Gasteiger partial charge in [-0.1, -0.05) is 12.1 Å². The maximum atomic E-state index is 11.5. The zero-order chi connectivity index (χ0) is 13.5. The van der Waals surface area contributed by atoms with E-state index in [1.165, 1.54) is 0 Å². The monoisotopic (exact) mass is 253 g/mol. The van der Waals surface area contributed by atoms with Crippen LogP contribution in [0.5, 0.6) is 0 Å². The molecule has 2 amide bonds. The van der Waals surface area contributed by atoms with Gasteiger partial charge in [0.1, 0.15) is 6.04 Å². The Hall–Kier alpha value is -2.28. The molecule has 7 heteroatoms. The lowest BCUT2D eigenvalue weighted by atomic mass is 10.2. The summed E-state index contributed by atoms with van der Waals surface area (Å²) in [6, 6.07) is 4.78. The van der Waals surface area contributed by atoms with Gasteiger partial charge in [-0.3, -0.25) is 0 Å². The van der Waals surface area contributed by atoms with Gasteiger partial charge < -0.3 is 26.6 Å². The van der Waals surface area contributed by atoms with Crippen LogP contribution >= 0.6 is 0 Å². The molecule has 0 aliphatic rings. The molecule has 0 saturated heterocycles. The summed E-state index contributed by atoms with van der Waals surface area (Å²) < 4.78 is 0. The van der Waals surface area contributed by atoms with Crippen LogP contribution < -0.4 is 16.4 Å². The molecular formula is C11H15N3O4. The number of nitrogens with two attached hydrogens (primary N) is 1. The Kier molecular flexibility index (Phi) is 4.94. The van der Waals surface area contributed by atoms with Gasteiger partial charge in [0, 0.05) is 13.0 Å². The molecule has 1 aromatic rings. The van der Waals surface area contributed by atoms with Crippen LogP contribution in [0.2, 0.25) is 0 Å². The first-order valence-corrected chi connectivity index (χ1v) is 5.30. The van der Waals surface area contributed by atoms with Gasteiger partial charge in [-0.15, -0.1) is 0 Å². The topological polar surface area (TPSA) is 125 Å². The first-order chi connectivity index (χ1) is 8.54. The number of hydrogen-bond acceptors (Lipinski definition) is 4. The molecule has 1 rings (SSSR count). The first-order valence-electron chi connectivity index (χ1n) is 5.30. The number of carboxylic acid groups (broad SMARTS) is 1. The smallest absolute Gasteiger partial charge is 0.326 e. The molecule has 0 spiro atoms. The third-order valence-corrected chi connectivity index (χ3v) is 2.23. The Bertz CT molecular complexity index is 436. The van der Waals surface area contributed by atoms with Crippen molar-refractivity contribution in [1.82, 2.24) is 5.32 Å². The minimum Gasteiger partial charge on any atom is -0.480 e. The summed E-state index contributed by atoms with van der Waals surface area (Å²) in [6.07, 6.45) is -0.0625. The zero-order valence-electron chi connectivity index (χ0n) is 9.59. The van der Waals surface area contributed by atoms with E-state index in [0.717, 1.165) is 0 Å². The van der Waals surface area contributed by atoms with Crippen molar-refractivity contribution in [3.8, 4) is 0 Å². The second kappa shape index (κ2) is 6.45. The standard InChI is InChI=1S/C11H15N3O4/c12-7-3-1-2-4-8(7)13-11(18)14-9(5-6-15)10(16)17/h1-4,9,15H,5-6,12H2,(H,16,17)(H2,13,14,18)/t9-/m1/s1. The molecule has 18 heavy (non-hydrogen) atoms. The van der Waals surface area contributed by atoms with Crippen LogP contribution in [-0.2, 0) is 4.79 Å². The van der Waals surface area contributed by atoms with Crippen LogP contribution in [0.3, 0.4) is 0 Å². The predicted molar refractivity (Wildman–Crippen MR) is 66.1 cm³/mol. The van der Waals surface area contributed by atoms with Crippen LogP contribution in [0.25, 0.3) is 0 Å². The van der Waals surface area contributed by atoms with E-state index >= 15 is 0 Å². The summed E-state index contributed by atoms with van der Waals surface area (Å²) in [5.74, 6) is -1.21. The maximum Gasteiger partial charge on any atom is 0.326 e. The summed E-state index contributed by atoms with van der Waals surface area (Å²) in [5.41, 5.74) is 6.39. The normalized spacial score (nSPS) is 11.6. The number of anilines is 2. The lowest BCUT2D eigenvalue weighted by Gasteiger charge is -2.14. The van der Waals surface area contributed by atoms with Crippen LogP contribution in [0, 0.1) is 0 Å². The van der Waals surface area contributed by atoms with E-state index in [0.29, 0.717) is 11.4 Å². The fourth-order valence-corrected chi connectivity index (χ4v) is 1.31. The summed E-state index contributed by atoms with van der Waals surface area (Å²) >= 11 is 0. The van der Waals surface area contributed by atoms with E-state index in [-0.39, 0.29) is 13.0 Å². The lowest BCUT2D eigenvalue weighted by molar-refractivity contribution is -0.139. The van der Waals surface area contributed by atoms with E-state index in [4.69, 9.17) is 15.9 Å². The van der Waals surface area contributed by atoms with Crippen molar-refractivity contribution in [2.75, 3.05) is 17.7 Å². The van der Waals surface area contributed by atoms with E-state index in [1.54, 1.807) is 24.3 Å². The lowest BCUT2D eigenvalue weighted by Crippen LogP contribution is -2.43. The van der Waals surface area contributed by atoms with Crippen molar-refractivity contribution < 1.29 is 19.8 Å². The summed E-state index contributed by atoms with van der Waals surface area (Å²) in [6.45, 7) is -0.329. The zero-order valence-corrected chi connectivity index (χ0v) is 9.59. The predicted octanol–water partition coefficient (Wildman–Crippen LogP) is 0.226. The molecule has 0 heterocycles. The quantitative estimate of drug-likeness (QED) is 0.480. The number of benzene rings is 1. The van der Waals surface area contributed by atoms with Crippen LogP contribution in [0.15, 0.2) is 24.3 Å². The van der Waals surface area contributed by atoms with E-state index in [2.05, 4.69) is 10.6 Å². The number of carboxylic acids is 1. The molecule has 0 unspecified atom stereocenters. The van der Waals surface area contributed by atoms with E-state index in [9.17, 15) is 9.59 Å². The second-order valence-corrected chi connectivity index (χ2v) is 3.59. The molecule has 0 bridgehead atoms. The van der Waals surface area contributed by atoms with Crippen LogP contribution in [-0.4, -0.2) is 34.9 Å². The summed E-state index contributed by atoms with van der Waals surface area (Å²) in [5, 5.41) is 22.1. The molecular weight excluding hydrogens is 238 g/mol. The Balaban J connectivity index is 2.61. The number of urea groups is 1. The van der Waals surface area contributed by atoms with Gasteiger partial charge in [-0.2, -0.15) is 0 Å². The average Bonchev–Trinajstić information content (AvgIpc) is 2.31. The third-order valence-electron chi connectivity index (χ3n) is 2.23. The molecule has 7 nitrogen and oxygen atoms in total. The number of aliphatic carboxylic acids is 1. The third kappa shape index (κ3) is 3.95. The number of hydrogen-bond donors (Lipinski definition) is 5. The van der Waals surface area contributed by atoms with Crippen molar-refractivity contribution in [1.29, 1.82) is 0 Å². The molecule has 0 aliphatic heterocycles. The number of aliphatic hydroxyl groups excluding tert-OH is 1. The van der Waals surface area contributed by atoms with E-state index < -0.39 is 18.0 Å². The highest BCUT2D eigenvalue weighted by atomic mass is 16.4. The first kappa shape index (κ1) is 13.8. The van der Waals surface area contributed by atoms with Gasteiger partial charge in [0.05, 0.1) is 11.4 Å². The molecule has 0 fully saturated rings. The van der Waals surface area contributed by atoms with Gasteiger partial charge in [0.25, 0.3) is 0 Å². The number of carbonyl (C=O) groups excluding carboxylic acids is 1. The fraction of sp³-hybridized carbons (Fsp3) is 0.273. The number of amides is 2. The largest absolute Gasteiger partial charge is 0.480 e.